The van der Waals surface area contributed by atoms with Crippen molar-refractivity contribution in [1.29, 1.82) is 0 Å². The zero-order valence-corrected chi connectivity index (χ0v) is 5.93. The maximum absolute atomic E-state index is 10.6. The van der Waals surface area contributed by atoms with Crippen molar-refractivity contribution in [3.63, 3.8) is 0 Å². The van der Waals surface area contributed by atoms with Gasteiger partial charge in [-0.1, -0.05) is 0 Å². The van der Waals surface area contributed by atoms with Gasteiger partial charge in [-0.05, 0) is 19.4 Å². The topological polar surface area (TPSA) is 60.2 Å². The fourth-order valence-electron chi connectivity index (χ4n) is 0.635. The number of carbonyl (C=O) groups excluding carboxylic acids is 2. The fourth-order valence-corrected chi connectivity index (χ4v) is 0.635. The number of ketones is 1. The van der Waals surface area contributed by atoms with E-state index in [1.165, 1.54) is 0 Å². The van der Waals surface area contributed by atoms with E-state index in [1.807, 2.05) is 0 Å². The Labute approximate surface area is 60.6 Å². The Bertz CT molecular complexity index is 112. The number of rotatable bonds is 6. The van der Waals surface area contributed by atoms with E-state index in [1.54, 1.807) is 6.29 Å². The average molecular weight is 142 g/mol. The molecule has 0 aliphatic heterocycles. The van der Waals surface area contributed by atoms with Crippen LogP contribution in [0.1, 0.15) is 25.7 Å². The maximum atomic E-state index is 10.6. The summed E-state index contributed by atoms with van der Waals surface area (Å²) in [5.41, 5.74) is 5.20. The van der Waals surface area contributed by atoms with Crippen LogP contribution in [0.15, 0.2) is 0 Å². The second kappa shape index (κ2) is 6.42. The molecule has 0 atom stereocenters. The molecule has 0 bridgehead atoms. The first-order valence-electron chi connectivity index (χ1n) is 3.38. The Hall–Kier alpha value is -0.700. The fraction of sp³-hybridized carbons (Fsp3) is 0.714. The summed E-state index contributed by atoms with van der Waals surface area (Å²) in [7, 11) is 0. The van der Waals surface area contributed by atoms with Gasteiger partial charge in [0.2, 0.25) is 6.29 Å². The van der Waals surface area contributed by atoms with E-state index in [0.717, 1.165) is 12.8 Å². The third-order valence-electron chi connectivity index (χ3n) is 1.18. The number of nitrogens with two attached hydrogens (primary N) is 1. The second-order valence-electron chi connectivity index (χ2n) is 2.11. The molecule has 0 heterocycles. The minimum Gasteiger partial charge on any atom is -0.330 e. The van der Waals surface area contributed by atoms with E-state index < -0.39 is 0 Å². The minimum atomic E-state index is -0.0649. The first-order valence-corrected chi connectivity index (χ1v) is 3.38. The molecule has 0 saturated heterocycles. The molecule has 0 aromatic carbocycles. The third kappa shape index (κ3) is 5.44. The summed E-state index contributed by atoms with van der Waals surface area (Å²) in [6, 6.07) is 0. The number of hydrogen-bond donors (Lipinski definition) is 1. The summed E-state index contributed by atoms with van der Waals surface area (Å²) in [5.74, 6) is -0.0385. The molecule has 0 aromatic heterocycles. The van der Waals surface area contributed by atoms with E-state index >= 15 is 0 Å². The SMILES string of the molecule is NCCCCC(=O)C[C]=O. The Morgan fingerprint density at radius 3 is 2.60 bits per heavy atom. The molecule has 57 valence electrons. The Balaban J connectivity index is 3.13. The quantitative estimate of drug-likeness (QED) is 0.425. The van der Waals surface area contributed by atoms with Crippen molar-refractivity contribution < 1.29 is 9.59 Å². The average Bonchev–Trinajstić information content (AvgIpc) is 1.89. The zero-order chi connectivity index (χ0) is 7.82. The maximum Gasteiger partial charge on any atom is 0.206 e. The lowest BCUT2D eigenvalue weighted by Gasteiger charge is -1.93. The Morgan fingerprint density at radius 1 is 1.40 bits per heavy atom. The molecule has 0 unspecified atom stereocenters. The molecule has 2 N–H and O–H groups in total. The molecule has 0 amide bonds. The van der Waals surface area contributed by atoms with Gasteiger partial charge in [0.25, 0.3) is 0 Å². The smallest absolute Gasteiger partial charge is 0.206 e. The first-order chi connectivity index (χ1) is 4.81. The number of unbranched alkanes of at least 4 members (excludes halogenated alkanes) is 1. The third-order valence-corrected chi connectivity index (χ3v) is 1.18. The normalized spacial score (nSPS) is 9.30. The molecular weight excluding hydrogens is 130 g/mol. The molecule has 3 nitrogen and oxygen atoms in total. The standard InChI is InChI=1S/C7H12NO2/c8-5-2-1-3-7(10)4-6-9/h1-5,8H2. The zero-order valence-electron chi connectivity index (χ0n) is 5.93. The summed E-state index contributed by atoms with van der Waals surface area (Å²) in [6.45, 7) is 0.609. The molecule has 1 radical (unpaired) electrons. The van der Waals surface area contributed by atoms with Gasteiger partial charge in [-0.2, -0.15) is 0 Å². The predicted octanol–water partition coefficient (Wildman–Crippen LogP) is 0.184. The van der Waals surface area contributed by atoms with E-state index in [2.05, 4.69) is 0 Å². The van der Waals surface area contributed by atoms with Crippen molar-refractivity contribution in [2.75, 3.05) is 6.54 Å². The van der Waals surface area contributed by atoms with E-state index in [0.29, 0.717) is 13.0 Å². The van der Waals surface area contributed by atoms with Crippen LogP contribution >= 0.6 is 0 Å². The molecule has 0 aromatic rings. The lowest BCUT2D eigenvalue weighted by atomic mass is 10.1. The van der Waals surface area contributed by atoms with Crippen molar-refractivity contribution in [3.8, 4) is 0 Å². The molecule has 10 heavy (non-hydrogen) atoms. The summed E-state index contributed by atoms with van der Waals surface area (Å²) >= 11 is 0. The summed E-state index contributed by atoms with van der Waals surface area (Å²) in [5, 5.41) is 0. The van der Waals surface area contributed by atoms with Gasteiger partial charge in [0.05, 0.1) is 6.42 Å². The highest BCUT2D eigenvalue weighted by molar-refractivity contribution is 5.89. The van der Waals surface area contributed by atoms with E-state index in [-0.39, 0.29) is 12.2 Å². The predicted molar refractivity (Wildman–Crippen MR) is 38.2 cm³/mol. The van der Waals surface area contributed by atoms with Crippen LogP contribution in [0.3, 0.4) is 0 Å². The van der Waals surface area contributed by atoms with Gasteiger partial charge in [0.1, 0.15) is 5.78 Å². The molecule has 3 heteroatoms. The van der Waals surface area contributed by atoms with Gasteiger partial charge in [0.15, 0.2) is 0 Å². The second-order valence-corrected chi connectivity index (χ2v) is 2.11. The molecular formula is C7H12NO2. The van der Waals surface area contributed by atoms with Gasteiger partial charge in [-0.25, -0.2) is 0 Å². The van der Waals surface area contributed by atoms with Crippen LogP contribution in [0.2, 0.25) is 0 Å². The summed E-state index contributed by atoms with van der Waals surface area (Å²) < 4.78 is 0. The van der Waals surface area contributed by atoms with Crippen LogP contribution in [0.25, 0.3) is 0 Å². The summed E-state index contributed by atoms with van der Waals surface area (Å²) in [4.78, 5) is 20.3. The Morgan fingerprint density at radius 2 is 2.10 bits per heavy atom. The number of hydrogen-bond acceptors (Lipinski definition) is 3. The van der Waals surface area contributed by atoms with Gasteiger partial charge >= 0.3 is 0 Å². The first kappa shape index (κ1) is 9.30. The highest BCUT2D eigenvalue weighted by atomic mass is 16.1. The van der Waals surface area contributed by atoms with Gasteiger partial charge in [-0.3, -0.25) is 9.59 Å². The van der Waals surface area contributed by atoms with Crippen LogP contribution in [-0.2, 0) is 9.59 Å². The molecule has 0 saturated carbocycles. The van der Waals surface area contributed by atoms with E-state index in [9.17, 15) is 9.59 Å². The largest absolute Gasteiger partial charge is 0.330 e. The molecule has 0 rings (SSSR count). The van der Waals surface area contributed by atoms with Crippen molar-refractivity contribution in [2.24, 2.45) is 5.73 Å². The van der Waals surface area contributed by atoms with Crippen LogP contribution < -0.4 is 5.73 Å². The molecule has 0 fully saturated rings. The van der Waals surface area contributed by atoms with Crippen LogP contribution in [0.5, 0.6) is 0 Å². The lowest BCUT2D eigenvalue weighted by Crippen LogP contribution is -2.02. The highest BCUT2D eigenvalue weighted by Crippen LogP contribution is 1.96. The van der Waals surface area contributed by atoms with Crippen molar-refractivity contribution in [1.82, 2.24) is 0 Å². The Kier molecular flexibility index (Phi) is 5.97. The number of carbonyl (C=O) groups is 1. The van der Waals surface area contributed by atoms with Crippen molar-refractivity contribution >= 4 is 12.1 Å². The van der Waals surface area contributed by atoms with Crippen LogP contribution in [0.4, 0.5) is 0 Å². The van der Waals surface area contributed by atoms with Crippen LogP contribution in [-0.4, -0.2) is 18.6 Å². The molecule has 0 aliphatic carbocycles. The van der Waals surface area contributed by atoms with Gasteiger partial charge in [0, 0.05) is 6.42 Å². The van der Waals surface area contributed by atoms with E-state index in [4.69, 9.17) is 5.73 Å². The highest BCUT2D eigenvalue weighted by Gasteiger charge is 1.99. The lowest BCUT2D eigenvalue weighted by molar-refractivity contribution is -0.118. The van der Waals surface area contributed by atoms with Crippen LogP contribution in [0, 0.1) is 0 Å². The van der Waals surface area contributed by atoms with Gasteiger partial charge in [-0.15, -0.1) is 0 Å². The van der Waals surface area contributed by atoms with Crippen molar-refractivity contribution in [3.05, 3.63) is 0 Å². The minimum absolute atomic E-state index is 0.0385. The monoisotopic (exact) mass is 142 g/mol. The summed E-state index contributed by atoms with van der Waals surface area (Å²) in [6.07, 6.45) is 3.60. The molecule has 0 aliphatic rings. The van der Waals surface area contributed by atoms with Crippen molar-refractivity contribution in [2.45, 2.75) is 25.7 Å². The van der Waals surface area contributed by atoms with Gasteiger partial charge < -0.3 is 5.73 Å². The molecule has 0 spiro atoms. The number of Topliss-reactive ketones (excluding diaryl/α,β-unsaturated/α-hetero) is 1.